The van der Waals surface area contributed by atoms with Gasteiger partial charge in [-0.1, -0.05) is 23.9 Å². The molecule has 3 rings (SSSR count). The number of primary amides is 1. The minimum atomic E-state index is -0.933. The Morgan fingerprint density at radius 2 is 1.90 bits per heavy atom. The first-order valence-corrected chi connectivity index (χ1v) is 9.80. The maximum Gasteiger partial charge on any atom is 0.318 e. The molecule has 0 bridgehead atoms. The molecule has 0 aliphatic rings. The van der Waals surface area contributed by atoms with Gasteiger partial charge in [-0.3, -0.25) is 19.5 Å². The van der Waals surface area contributed by atoms with Crippen LogP contribution in [0.1, 0.15) is 13.8 Å². The predicted molar refractivity (Wildman–Crippen MR) is 112 cm³/mol. The van der Waals surface area contributed by atoms with Gasteiger partial charge in [-0.15, -0.1) is 0 Å². The summed E-state index contributed by atoms with van der Waals surface area (Å²) in [6.07, 6.45) is 0. The van der Waals surface area contributed by atoms with Gasteiger partial charge in [-0.05, 0) is 50.2 Å². The van der Waals surface area contributed by atoms with Gasteiger partial charge in [0.1, 0.15) is 5.75 Å². The second kappa shape index (κ2) is 8.78. The lowest BCUT2D eigenvalue weighted by Gasteiger charge is -2.16. The molecule has 0 saturated heterocycles. The highest BCUT2D eigenvalue weighted by molar-refractivity contribution is 8.00. The van der Waals surface area contributed by atoms with Gasteiger partial charge in [-0.2, -0.15) is 0 Å². The zero-order valence-electron chi connectivity index (χ0n) is 15.9. The average Bonchev–Trinajstić information content (AvgIpc) is 2.69. The van der Waals surface area contributed by atoms with Crippen LogP contribution in [0.3, 0.4) is 0 Å². The first-order valence-electron chi connectivity index (χ1n) is 8.92. The van der Waals surface area contributed by atoms with Gasteiger partial charge in [0.25, 0.3) is 5.56 Å². The number of hydrogen-bond donors (Lipinski definition) is 2. The molecule has 1 heterocycles. The minimum absolute atomic E-state index is 0.259. The highest BCUT2D eigenvalue weighted by atomic mass is 32.2. The van der Waals surface area contributed by atoms with Crippen LogP contribution in [0.15, 0.2) is 58.5 Å². The molecule has 0 aliphatic heterocycles. The lowest BCUT2D eigenvalue weighted by molar-refractivity contribution is -0.119. The van der Waals surface area contributed by atoms with Crippen LogP contribution in [0, 0.1) is 0 Å². The van der Waals surface area contributed by atoms with Crippen molar-refractivity contribution in [2.24, 2.45) is 5.73 Å². The van der Waals surface area contributed by atoms with Crippen molar-refractivity contribution in [1.29, 1.82) is 0 Å². The van der Waals surface area contributed by atoms with Crippen molar-refractivity contribution < 1.29 is 14.3 Å². The fraction of sp³-hybridized carbons (Fsp3) is 0.200. The Bertz CT molecular complexity index is 1110. The molecule has 29 heavy (non-hydrogen) atoms. The maximum atomic E-state index is 13.2. The zero-order valence-corrected chi connectivity index (χ0v) is 16.7. The van der Waals surface area contributed by atoms with E-state index in [1.807, 2.05) is 12.2 Å². The Balaban J connectivity index is 2.09. The lowest BCUT2D eigenvalue weighted by atomic mass is 10.2. The van der Waals surface area contributed by atoms with E-state index in [9.17, 15) is 14.4 Å². The highest BCUT2D eigenvalue weighted by Gasteiger charge is 2.21. The van der Waals surface area contributed by atoms with Crippen LogP contribution in [0.25, 0.3) is 16.6 Å². The number of nitrogens with one attached hydrogen (secondary N) is 1. The molecule has 0 saturated carbocycles. The van der Waals surface area contributed by atoms with Crippen LogP contribution in [0.2, 0.25) is 0 Å². The third-order valence-corrected chi connectivity index (χ3v) is 5.10. The Hall–Kier alpha value is -3.33. The van der Waals surface area contributed by atoms with Crippen LogP contribution in [0.5, 0.6) is 5.75 Å². The van der Waals surface area contributed by atoms with Crippen molar-refractivity contribution >= 4 is 34.6 Å². The standard InChI is InChI=1S/C20H20N4O4S/c1-3-28-14-10-8-13(9-11-14)24-18(26)15-6-4-5-7-16(15)22-20(24)29-12(2)17(25)23-19(21)27/h4-12H,3H2,1-2H3,(H3,21,23,25,27)/t12-/m1/s1. The SMILES string of the molecule is CCOc1ccc(-n2c(S[C@H](C)C(=O)NC(N)=O)nc3ccccc3c2=O)cc1. The number of nitrogens with two attached hydrogens (primary N) is 1. The number of hydrogen-bond acceptors (Lipinski definition) is 6. The molecule has 3 aromatic rings. The molecular weight excluding hydrogens is 392 g/mol. The number of fused-ring (bicyclic) bond motifs is 1. The summed E-state index contributed by atoms with van der Waals surface area (Å²) in [6.45, 7) is 4.02. The summed E-state index contributed by atoms with van der Waals surface area (Å²) in [5.41, 5.74) is 5.86. The van der Waals surface area contributed by atoms with Crippen LogP contribution in [-0.2, 0) is 4.79 Å². The second-order valence-electron chi connectivity index (χ2n) is 6.09. The van der Waals surface area contributed by atoms with Crippen LogP contribution < -0.4 is 21.3 Å². The molecule has 0 spiro atoms. The molecule has 3 N–H and O–H groups in total. The van der Waals surface area contributed by atoms with Crippen molar-refractivity contribution in [2.45, 2.75) is 24.3 Å². The van der Waals surface area contributed by atoms with Crippen molar-refractivity contribution in [3.8, 4) is 11.4 Å². The molecule has 0 aliphatic carbocycles. The van der Waals surface area contributed by atoms with Gasteiger partial charge < -0.3 is 10.5 Å². The van der Waals surface area contributed by atoms with E-state index in [-0.39, 0.29) is 5.56 Å². The molecule has 2 aromatic carbocycles. The van der Waals surface area contributed by atoms with E-state index in [0.29, 0.717) is 34.1 Å². The molecule has 3 amide bonds. The van der Waals surface area contributed by atoms with E-state index >= 15 is 0 Å². The van der Waals surface area contributed by atoms with Crippen LogP contribution >= 0.6 is 11.8 Å². The number of benzene rings is 2. The first-order chi connectivity index (χ1) is 13.9. The number of carbonyl (C=O) groups excluding carboxylic acids is 2. The van der Waals surface area contributed by atoms with E-state index in [1.54, 1.807) is 55.5 Å². The van der Waals surface area contributed by atoms with Gasteiger partial charge in [0, 0.05) is 0 Å². The highest BCUT2D eigenvalue weighted by Crippen LogP contribution is 2.26. The monoisotopic (exact) mass is 412 g/mol. The summed E-state index contributed by atoms with van der Waals surface area (Å²) in [6, 6.07) is 13.1. The summed E-state index contributed by atoms with van der Waals surface area (Å²) in [5.74, 6) is 0.115. The summed E-state index contributed by atoms with van der Waals surface area (Å²) in [7, 11) is 0. The van der Waals surface area contributed by atoms with Crippen molar-refractivity contribution in [3.05, 3.63) is 58.9 Å². The van der Waals surface area contributed by atoms with Crippen molar-refractivity contribution in [1.82, 2.24) is 14.9 Å². The number of urea groups is 1. The Morgan fingerprint density at radius 1 is 1.21 bits per heavy atom. The number of amides is 3. The number of para-hydroxylation sites is 1. The van der Waals surface area contributed by atoms with Crippen molar-refractivity contribution in [2.75, 3.05) is 6.61 Å². The second-order valence-corrected chi connectivity index (χ2v) is 7.40. The molecule has 1 aromatic heterocycles. The van der Waals surface area contributed by atoms with Crippen molar-refractivity contribution in [3.63, 3.8) is 0 Å². The number of nitrogens with zero attached hydrogens (tertiary/aromatic N) is 2. The van der Waals surface area contributed by atoms with Gasteiger partial charge in [0.15, 0.2) is 5.16 Å². The van der Waals surface area contributed by atoms with E-state index in [0.717, 1.165) is 11.8 Å². The van der Waals surface area contributed by atoms with Crippen LogP contribution in [-0.4, -0.2) is 33.3 Å². The third-order valence-electron chi connectivity index (χ3n) is 4.05. The molecule has 1 atom stereocenters. The molecule has 0 unspecified atom stereocenters. The third kappa shape index (κ3) is 4.57. The van der Waals surface area contributed by atoms with Gasteiger partial charge >= 0.3 is 6.03 Å². The summed E-state index contributed by atoms with van der Waals surface area (Å²) in [5, 5.41) is 2.12. The van der Waals surface area contributed by atoms with E-state index in [1.165, 1.54) is 4.57 Å². The number of imide groups is 1. The van der Waals surface area contributed by atoms with Gasteiger partial charge in [0.05, 0.1) is 28.4 Å². The summed E-state index contributed by atoms with van der Waals surface area (Å²) in [4.78, 5) is 40.8. The van der Waals surface area contributed by atoms with Gasteiger partial charge in [0.2, 0.25) is 5.91 Å². The molecular formula is C20H20N4O4S. The first kappa shape index (κ1) is 20.4. The lowest BCUT2D eigenvalue weighted by Crippen LogP contribution is -2.39. The molecule has 0 radical (unpaired) electrons. The minimum Gasteiger partial charge on any atom is -0.494 e. The molecule has 8 nitrogen and oxygen atoms in total. The Labute approximate surface area is 171 Å². The Morgan fingerprint density at radius 3 is 2.55 bits per heavy atom. The zero-order chi connectivity index (χ0) is 21.0. The topological polar surface area (TPSA) is 116 Å². The fourth-order valence-electron chi connectivity index (χ4n) is 2.71. The molecule has 9 heteroatoms. The number of carbonyl (C=O) groups is 2. The fourth-order valence-corrected chi connectivity index (χ4v) is 3.64. The van der Waals surface area contributed by atoms with Gasteiger partial charge in [-0.25, -0.2) is 9.78 Å². The largest absolute Gasteiger partial charge is 0.494 e. The normalized spacial score (nSPS) is 11.8. The summed E-state index contributed by atoms with van der Waals surface area (Å²) < 4.78 is 6.90. The van der Waals surface area contributed by atoms with Crippen LogP contribution in [0.4, 0.5) is 4.79 Å². The maximum absolute atomic E-state index is 13.2. The van der Waals surface area contributed by atoms with E-state index in [2.05, 4.69) is 4.98 Å². The van der Waals surface area contributed by atoms with E-state index in [4.69, 9.17) is 10.5 Å². The number of rotatable bonds is 6. The quantitative estimate of drug-likeness (QED) is 0.475. The Kier molecular flexibility index (Phi) is 6.18. The molecule has 0 fully saturated rings. The number of aromatic nitrogens is 2. The summed E-state index contributed by atoms with van der Waals surface area (Å²) >= 11 is 1.06. The number of thioether (sulfide) groups is 1. The van der Waals surface area contributed by atoms with E-state index < -0.39 is 17.2 Å². The smallest absolute Gasteiger partial charge is 0.318 e. The predicted octanol–water partition coefficient (Wildman–Crippen LogP) is 2.46. The molecule has 150 valence electrons. The number of ether oxygens (including phenoxy) is 1. The average molecular weight is 412 g/mol.